The van der Waals surface area contributed by atoms with Crippen molar-refractivity contribution in [3.63, 3.8) is 0 Å². The summed E-state index contributed by atoms with van der Waals surface area (Å²) in [6.07, 6.45) is -1.66. The third-order valence-electron chi connectivity index (χ3n) is 8.46. The lowest BCUT2D eigenvalue weighted by Gasteiger charge is -2.45. The zero-order valence-corrected chi connectivity index (χ0v) is 29.8. The van der Waals surface area contributed by atoms with E-state index in [9.17, 15) is 0 Å². The molecule has 0 saturated carbocycles. The van der Waals surface area contributed by atoms with Crippen LogP contribution in [0, 0.1) is 0 Å². The van der Waals surface area contributed by atoms with Crippen molar-refractivity contribution < 1.29 is 28.1 Å². The Morgan fingerprint density at radius 2 is 1.18 bits per heavy atom. The fraction of sp³-hybridized carbons (Fsp3) is 0.500. The Bertz CT molecular complexity index is 1170. The van der Waals surface area contributed by atoms with E-state index in [2.05, 4.69) is 86.7 Å². The normalized spacial score (nSPS) is 23.0. The molecule has 6 nitrogen and oxygen atoms in total. The monoisotopic (exact) mass is 732 g/mol. The molecule has 3 aromatic rings. The molecule has 1 heterocycles. The second kappa shape index (κ2) is 18.5. The molecular formula is C36H49IO6Si. The van der Waals surface area contributed by atoms with E-state index in [1.54, 1.807) is 0 Å². The first-order valence-electron chi connectivity index (χ1n) is 16.0. The lowest BCUT2D eigenvalue weighted by atomic mass is 10.0. The maximum atomic E-state index is 6.70. The Labute approximate surface area is 279 Å². The summed E-state index contributed by atoms with van der Waals surface area (Å²) >= 11 is 2.42. The van der Waals surface area contributed by atoms with E-state index >= 15 is 0 Å². The van der Waals surface area contributed by atoms with Crippen molar-refractivity contribution in [3.05, 3.63) is 108 Å². The van der Waals surface area contributed by atoms with Crippen LogP contribution in [-0.2, 0) is 47.9 Å². The fourth-order valence-corrected chi connectivity index (χ4v) is 9.18. The molecule has 1 unspecified atom stereocenters. The van der Waals surface area contributed by atoms with Crippen molar-refractivity contribution in [1.29, 1.82) is 0 Å². The van der Waals surface area contributed by atoms with E-state index < -0.39 is 14.6 Å². The Kier molecular flexibility index (Phi) is 14.8. The van der Waals surface area contributed by atoms with Gasteiger partial charge < -0.3 is 28.1 Å². The van der Waals surface area contributed by atoms with E-state index in [1.807, 2.05) is 54.6 Å². The van der Waals surface area contributed by atoms with Gasteiger partial charge in [0, 0.05) is 0 Å². The summed E-state index contributed by atoms with van der Waals surface area (Å²) in [4.78, 5) is 0. The summed E-state index contributed by atoms with van der Waals surface area (Å²) in [5, 5.41) is 0. The molecule has 1 aliphatic heterocycles. The molecule has 1 saturated heterocycles. The number of halogens is 1. The predicted molar refractivity (Wildman–Crippen MR) is 186 cm³/mol. The summed E-state index contributed by atoms with van der Waals surface area (Å²) in [5.74, 6) is 0. The molecule has 0 aliphatic carbocycles. The molecule has 0 N–H and O–H groups in total. The summed E-state index contributed by atoms with van der Waals surface area (Å²) in [6.45, 7) is 11.1. The van der Waals surface area contributed by atoms with Crippen LogP contribution in [0.5, 0.6) is 0 Å². The van der Waals surface area contributed by atoms with Gasteiger partial charge in [0.05, 0.1) is 43.1 Å². The Morgan fingerprint density at radius 1 is 0.705 bits per heavy atom. The summed E-state index contributed by atoms with van der Waals surface area (Å²) in [6, 6.07) is 34.0. The van der Waals surface area contributed by atoms with E-state index in [-0.39, 0.29) is 28.3 Å². The molecule has 1 aliphatic rings. The predicted octanol–water partition coefficient (Wildman–Crippen LogP) is 8.33. The highest BCUT2D eigenvalue weighted by atomic mass is 127. The molecule has 6 atom stereocenters. The average molecular weight is 733 g/mol. The molecule has 1 fully saturated rings. The molecule has 0 aromatic heterocycles. The first kappa shape index (κ1) is 35.2. The fourth-order valence-electron chi connectivity index (χ4n) is 5.52. The van der Waals surface area contributed by atoms with Crippen molar-refractivity contribution in [3.8, 4) is 0 Å². The van der Waals surface area contributed by atoms with Crippen LogP contribution in [0.3, 0.4) is 0 Å². The topological polar surface area (TPSA) is 55.4 Å². The minimum atomic E-state index is -1.73. The largest absolute Gasteiger partial charge is 0.414 e. The van der Waals surface area contributed by atoms with Gasteiger partial charge in [-0.3, -0.25) is 0 Å². The molecule has 8 heteroatoms. The Hall–Kier alpha value is -1.63. The highest BCUT2D eigenvalue weighted by molar-refractivity contribution is 14.1. The van der Waals surface area contributed by atoms with E-state index in [0.717, 1.165) is 34.8 Å². The molecule has 0 bridgehead atoms. The number of rotatable bonds is 18. The van der Waals surface area contributed by atoms with Crippen LogP contribution >= 0.6 is 22.6 Å². The SMILES string of the molecule is CC[Si](CC)(CC)OCC(C)O[C@H]1O[C@H](COCc2ccccc2)[C@@H](OCc2ccccc2)[C@H](OCc2ccccc2)[C@H]1I. The average Bonchev–Trinajstić information content (AvgIpc) is 3.07. The van der Waals surface area contributed by atoms with Gasteiger partial charge in [0.2, 0.25) is 0 Å². The van der Waals surface area contributed by atoms with Crippen molar-refractivity contribution in [1.82, 2.24) is 0 Å². The van der Waals surface area contributed by atoms with Crippen LogP contribution in [-0.4, -0.2) is 56.2 Å². The van der Waals surface area contributed by atoms with Gasteiger partial charge in [-0.1, -0.05) is 134 Å². The zero-order chi connectivity index (χ0) is 31.2. The molecule has 44 heavy (non-hydrogen) atoms. The number of alkyl halides is 1. The number of ether oxygens (including phenoxy) is 5. The number of benzene rings is 3. The van der Waals surface area contributed by atoms with Gasteiger partial charge in [0.25, 0.3) is 0 Å². The third-order valence-corrected chi connectivity index (χ3v) is 14.4. The van der Waals surface area contributed by atoms with Crippen LogP contribution in [0.4, 0.5) is 0 Å². The van der Waals surface area contributed by atoms with Crippen LogP contribution in [0.15, 0.2) is 91.0 Å². The quantitative estimate of drug-likeness (QED) is 0.0746. The van der Waals surface area contributed by atoms with Crippen molar-refractivity contribution >= 4 is 30.9 Å². The van der Waals surface area contributed by atoms with Crippen LogP contribution in [0.25, 0.3) is 0 Å². The van der Waals surface area contributed by atoms with E-state index in [1.165, 1.54) is 0 Å². The van der Waals surface area contributed by atoms with Crippen LogP contribution < -0.4 is 0 Å². The summed E-state index contributed by atoms with van der Waals surface area (Å²) in [5.41, 5.74) is 3.33. The van der Waals surface area contributed by atoms with Gasteiger partial charge in [0.1, 0.15) is 18.3 Å². The van der Waals surface area contributed by atoms with Gasteiger partial charge >= 0.3 is 0 Å². The van der Waals surface area contributed by atoms with Gasteiger partial charge in [-0.25, -0.2) is 0 Å². The standard InChI is InChI=1S/C36H49IO6Si/c1-5-44(6-2,7-3)41-23-28(4)42-36-33(37)35(40-26-31-21-15-10-16-22-31)34(39-25-30-19-13-9-14-20-30)32(43-36)27-38-24-29-17-11-8-12-18-29/h8-22,28,32-36H,5-7,23-27H2,1-4H3/t28?,32-,33-,34-,35-,36+/m1/s1. The number of hydrogen-bond acceptors (Lipinski definition) is 6. The number of hydrogen-bond donors (Lipinski definition) is 0. The summed E-state index contributed by atoms with van der Waals surface area (Å²) < 4.78 is 39.3. The zero-order valence-electron chi connectivity index (χ0n) is 26.6. The van der Waals surface area contributed by atoms with Gasteiger partial charge in [-0.15, -0.1) is 0 Å². The maximum Gasteiger partial charge on any atom is 0.192 e. The molecular weight excluding hydrogens is 683 g/mol. The van der Waals surface area contributed by atoms with Crippen molar-refractivity contribution in [2.75, 3.05) is 13.2 Å². The molecule has 0 radical (unpaired) electrons. The minimum Gasteiger partial charge on any atom is -0.414 e. The third kappa shape index (κ3) is 10.5. The van der Waals surface area contributed by atoms with Crippen molar-refractivity contribution in [2.24, 2.45) is 0 Å². The van der Waals surface area contributed by atoms with Gasteiger partial charge in [-0.2, -0.15) is 0 Å². The Balaban J connectivity index is 1.52. The van der Waals surface area contributed by atoms with E-state index in [0.29, 0.717) is 33.0 Å². The molecule has 0 amide bonds. The highest BCUT2D eigenvalue weighted by Crippen LogP contribution is 2.34. The second-order valence-electron chi connectivity index (χ2n) is 11.5. The lowest BCUT2D eigenvalue weighted by molar-refractivity contribution is -0.281. The summed E-state index contributed by atoms with van der Waals surface area (Å²) in [7, 11) is -1.73. The molecule has 240 valence electrons. The van der Waals surface area contributed by atoms with E-state index in [4.69, 9.17) is 28.1 Å². The first-order chi connectivity index (χ1) is 21.5. The minimum absolute atomic E-state index is 0.115. The van der Waals surface area contributed by atoms with Gasteiger partial charge in [-0.05, 0) is 41.7 Å². The first-order valence-corrected chi connectivity index (χ1v) is 19.8. The maximum absolute atomic E-state index is 6.70. The van der Waals surface area contributed by atoms with Gasteiger partial charge in [0.15, 0.2) is 14.6 Å². The van der Waals surface area contributed by atoms with Crippen LogP contribution in [0.1, 0.15) is 44.4 Å². The molecule has 3 aromatic carbocycles. The molecule has 0 spiro atoms. The smallest absolute Gasteiger partial charge is 0.192 e. The second-order valence-corrected chi connectivity index (χ2v) is 17.7. The highest BCUT2D eigenvalue weighted by Gasteiger charge is 2.47. The lowest BCUT2D eigenvalue weighted by Crippen LogP contribution is -2.59. The van der Waals surface area contributed by atoms with Crippen LogP contribution in [0.2, 0.25) is 18.1 Å². The Morgan fingerprint density at radius 3 is 1.68 bits per heavy atom. The van der Waals surface area contributed by atoms with Crippen molar-refractivity contribution in [2.45, 2.75) is 100 Å². The molecule has 4 rings (SSSR count).